The lowest BCUT2D eigenvalue weighted by Gasteiger charge is -2.09. The summed E-state index contributed by atoms with van der Waals surface area (Å²) < 4.78 is 43.3. The van der Waals surface area contributed by atoms with Crippen LogP contribution in [0.25, 0.3) is 11.6 Å². The van der Waals surface area contributed by atoms with Gasteiger partial charge in [0.2, 0.25) is 0 Å². The molecule has 0 atom stereocenters. The summed E-state index contributed by atoms with van der Waals surface area (Å²) in [6, 6.07) is 8.93. The van der Waals surface area contributed by atoms with Crippen molar-refractivity contribution in [1.29, 1.82) is 5.26 Å². The minimum absolute atomic E-state index is 0.00623. The Balaban J connectivity index is 2.21. The zero-order valence-corrected chi connectivity index (χ0v) is 14.4. The summed E-state index contributed by atoms with van der Waals surface area (Å²) in [6.07, 6.45) is -2.69. The first-order chi connectivity index (χ1) is 12.7. The van der Waals surface area contributed by atoms with Crippen LogP contribution in [0.1, 0.15) is 23.2 Å². The van der Waals surface area contributed by atoms with Crippen LogP contribution < -0.4 is 4.74 Å². The molecule has 0 saturated heterocycles. The Hall–Kier alpha value is -3.05. The van der Waals surface area contributed by atoms with Gasteiger partial charge in [-0.15, -0.1) is 0 Å². The highest BCUT2D eigenvalue weighted by Crippen LogP contribution is 2.33. The maximum absolute atomic E-state index is 12.7. The Morgan fingerprint density at radius 2 is 2.00 bits per heavy atom. The first kappa shape index (κ1) is 20.3. The number of rotatable bonds is 6. The largest absolute Gasteiger partial charge is 0.493 e. The Kier molecular flexibility index (Phi) is 6.42. The zero-order valence-electron chi connectivity index (χ0n) is 13.6. The van der Waals surface area contributed by atoms with Gasteiger partial charge in [-0.3, -0.25) is 9.78 Å². The molecule has 0 amide bonds. The number of benzene rings is 1. The van der Waals surface area contributed by atoms with Crippen molar-refractivity contribution in [3.8, 4) is 11.8 Å². The second-order valence-corrected chi connectivity index (χ2v) is 5.69. The molecule has 0 aliphatic carbocycles. The third-order valence-electron chi connectivity index (χ3n) is 3.32. The first-order valence-corrected chi connectivity index (χ1v) is 7.88. The van der Waals surface area contributed by atoms with Crippen molar-refractivity contribution in [3.63, 3.8) is 0 Å². The molecule has 2 aromatic rings. The van der Waals surface area contributed by atoms with E-state index in [9.17, 15) is 23.2 Å². The number of allylic oxidation sites excluding steroid dienone is 1. The summed E-state index contributed by atoms with van der Waals surface area (Å²) in [4.78, 5) is 14.1. The number of aromatic nitrogens is 1. The van der Waals surface area contributed by atoms with Gasteiger partial charge in [0.1, 0.15) is 11.8 Å². The molecule has 0 saturated carbocycles. The van der Waals surface area contributed by atoms with Gasteiger partial charge < -0.3 is 9.84 Å². The SMILES string of the molecule is N#C/C(=C\c1ccc(OCCC(=O)O)cc1)c1ncc(C(F)(F)F)cc1Cl. The number of carboxylic acids is 1. The second kappa shape index (κ2) is 8.56. The van der Waals surface area contributed by atoms with Gasteiger partial charge in [-0.05, 0) is 29.8 Å². The molecule has 9 heteroatoms. The minimum atomic E-state index is -4.58. The highest BCUT2D eigenvalue weighted by molar-refractivity contribution is 6.32. The molecule has 27 heavy (non-hydrogen) atoms. The number of ether oxygens (including phenoxy) is 1. The topological polar surface area (TPSA) is 83.2 Å². The maximum Gasteiger partial charge on any atom is 0.417 e. The number of carbonyl (C=O) groups is 1. The molecule has 0 unspecified atom stereocenters. The summed E-state index contributed by atoms with van der Waals surface area (Å²) in [7, 11) is 0. The van der Waals surface area contributed by atoms with Crippen LogP contribution in [0, 0.1) is 11.3 Å². The van der Waals surface area contributed by atoms with Crippen LogP contribution in [-0.2, 0) is 11.0 Å². The molecular weight excluding hydrogens is 385 g/mol. The van der Waals surface area contributed by atoms with Gasteiger partial charge >= 0.3 is 12.1 Å². The molecule has 0 fully saturated rings. The van der Waals surface area contributed by atoms with Gasteiger partial charge in [0.25, 0.3) is 0 Å². The summed E-state index contributed by atoms with van der Waals surface area (Å²) in [5.74, 6) is -0.535. The van der Waals surface area contributed by atoms with E-state index in [4.69, 9.17) is 21.4 Å². The number of nitrogens with zero attached hydrogens (tertiary/aromatic N) is 2. The molecular formula is C18H12ClF3N2O3. The van der Waals surface area contributed by atoms with E-state index in [2.05, 4.69) is 4.98 Å². The normalized spacial score (nSPS) is 11.7. The summed E-state index contributed by atoms with van der Waals surface area (Å²) in [5, 5.41) is 17.6. The number of carboxylic acid groups (broad SMARTS) is 1. The lowest BCUT2D eigenvalue weighted by atomic mass is 10.1. The molecule has 1 aromatic carbocycles. The van der Waals surface area contributed by atoms with E-state index >= 15 is 0 Å². The monoisotopic (exact) mass is 396 g/mol. The van der Waals surface area contributed by atoms with E-state index < -0.39 is 17.7 Å². The van der Waals surface area contributed by atoms with Crippen molar-refractivity contribution >= 4 is 29.2 Å². The van der Waals surface area contributed by atoms with Gasteiger partial charge in [0.05, 0.1) is 34.9 Å². The molecule has 0 spiro atoms. The molecule has 0 aliphatic rings. The zero-order chi connectivity index (χ0) is 20.0. The van der Waals surface area contributed by atoms with E-state index in [0.717, 1.165) is 0 Å². The molecule has 0 radical (unpaired) electrons. The average molecular weight is 397 g/mol. The van der Waals surface area contributed by atoms with Crippen molar-refractivity contribution < 1.29 is 27.8 Å². The summed E-state index contributed by atoms with van der Waals surface area (Å²) >= 11 is 5.86. The molecule has 1 N–H and O–H groups in total. The highest BCUT2D eigenvalue weighted by atomic mass is 35.5. The van der Waals surface area contributed by atoms with Crippen LogP contribution in [-0.4, -0.2) is 22.7 Å². The number of halogens is 4. The fourth-order valence-electron chi connectivity index (χ4n) is 2.03. The van der Waals surface area contributed by atoms with Gasteiger partial charge in [-0.1, -0.05) is 23.7 Å². The molecule has 140 valence electrons. The van der Waals surface area contributed by atoms with E-state index in [1.807, 2.05) is 6.07 Å². The average Bonchev–Trinajstić information content (AvgIpc) is 2.60. The minimum Gasteiger partial charge on any atom is -0.493 e. The molecule has 0 bridgehead atoms. The standard InChI is InChI=1S/C18H12ClF3N2O3/c19-15-8-13(18(20,21)22)10-24-17(15)12(9-23)7-11-1-3-14(4-2-11)27-6-5-16(25)26/h1-4,7-8,10H,5-6H2,(H,25,26)/b12-7+. The summed E-state index contributed by atoms with van der Waals surface area (Å²) in [5.41, 5.74) is -0.506. The Bertz CT molecular complexity index is 904. The molecule has 2 rings (SSSR count). The van der Waals surface area contributed by atoms with Crippen LogP contribution in [0.2, 0.25) is 5.02 Å². The third-order valence-corrected chi connectivity index (χ3v) is 3.61. The molecule has 0 aliphatic heterocycles. The fraction of sp³-hybridized carbons (Fsp3) is 0.167. The van der Waals surface area contributed by atoms with Crippen LogP contribution in [0.5, 0.6) is 5.75 Å². The lowest BCUT2D eigenvalue weighted by molar-refractivity contribution is -0.138. The van der Waals surface area contributed by atoms with Crippen LogP contribution >= 0.6 is 11.6 Å². The fourth-order valence-corrected chi connectivity index (χ4v) is 2.30. The van der Waals surface area contributed by atoms with Crippen molar-refractivity contribution in [1.82, 2.24) is 4.98 Å². The van der Waals surface area contributed by atoms with Crippen molar-refractivity contribution in [2.75, 3.05) is 6.61 Å². The van der Waals surface area contributed by atoms with Crippen LogP contribution in [0.15, 0.2) is 36.5 Å². The predicted octanol–water partition coefficient (Wildman–Crippen LogP) is 4.67. The van der Waals surface area contributed by atoms with Gasteiger partial charge in [-0.2, -0.15) is 18.4 Å². The van der Waals surface area contributed by atoms with E-state index in [1.54, 1.807) is 24.3 Å². The maximum atomic E-state index is 12.7. The third kappa shape index (κ3) is 5.72. The second-order valence-electron chi connectivity index (χ2n) is 5.28. The number of pyridine rings is 1. The van der Waals surface area contributed by atoms with Crippen molar-refractivity contribution in [2.45, 2.75) is 12.6 Å². The first-order valence-electron chi connectivity index (χ1n) is 7.50. The van der Waals surface area contributed by atoms with Crippen molar-refractivity contribution in [2.24, 2.45) is 0 Å². The lowest BCUT2D eigenvalue weighted by Crippen LogP contribution is -2.06. The quantitative estimate of drug-likeness (QED) is 0.717. The number of aliphatic carboxylic acids is 1. The number of hydrogen-bond donors (Lipinski definition) is 1. The van der Waals surface area contributed by atoms with E-state index in [0.29, 0.717) is 23.6 Å². The molecule has 1 heterocycles. The summed E-state index contributed by atoms with van der Waals surface area (Å²) in [6.45, 7) is 0.0129. The number of nitriles is 1. The Labute approximate surface area is 157 Å². The van der Waals surface area contributed by atoms with Gasteiger partial charge in [-0.25, -0.2) is 0 Å². The van der Waals surface area contributed by atoms with Gasteiger partial charge in [0, 0.05) is 6.20 Å². The van der Waals surface area contributed by atoms with Crippen molar-refractivity contribution in [3.05, 3.63) is 58.4 Å². The van der Waals surface area contributed by atoms with E-state index in [-0.39, 0.29) is 29.3 Å². The molecule has 1 aromatic heterocycles. The Morgan fingerprint density at radius 3 is 2.52 bits per heavy atom. The smallest absolute Gasteiger partial charge is 0.417 e. The number of hydrogen-bond acceptors (Lipinski definition) is 4. The predicted molar refractivity (Wildman–Crippen MR) is 91.9 cm³/mol. The highest BCUT2D eigenvalue weighted by Gasteiger charge is 2.31. The number of alkyl halides is 3. The van der Waals surface area contributed by atoms with E-state index in [1.165, 1.54) is 6.08 Å². The van der Waals surface area contributed by atoms with Crippen LogP contribution in [0.3, 0.4) is 0 Å². The molecule has 5 nitrogen and oxygen atoms in total. The van der Waals surface area contributed by atoms with Crippen LogP contribution in [0.4, 0.5) is 13.2 Å². The Morgan fingerprint density at radius 1 is 1.33 bits per heavy atom. The van der Waals surface area contributed by atoms with Gasteiger partial charge in [0.15, 0.2) is 0 Å².